The van der Waals surface area contributed by atoms with E-state index in [0.29, 0.717) is 13.2 Å². The summed E-state index contributed by atoms with van der Waals surface area (Å²) in [5.74, 6) is 0. The van der Waals surface area contributed by atoms with E-state index >= 15 is 0 Å². The summed E-state index contributed by atoms with van der Waals surface area (Å²) >= 11 is 0. The number of hydrogen-bond donors (Lipinski definition) is 0. The molecule has 0 saturated carbocycles. The van der Waals surface area contributed by atoms with Gasteiger partial charge in [-0.3, -0.25) is 9.13 Å². The van der Waals surface area contributed by atoms with Gasteiger partial charge in [-0.15, -0.1) is 0 Å². The number of rotatable bonds is 4. The first-order chi connectivity index (χ1) is 4.83. The molecule has 0 aliphatic rings. The van der Waals surface area contributed by atoms with Crippen LogP contribution in [0.3, 0.4) is 0 Å². The molecule has 0 N–H and O–H groups in total. The molecule has 0 aromatic heterocycles. The Labute approximate surface area is 63.5 Å². The van der Waals surface area contributed by atoms with Crippen molar-refractivity contribution in [1.82, 2.24) is 0 Å². The van der Waals surface area contributed by atoms with Crippen LogP contribution in [0, 0.1) is 0 Å². The molecule has 6 heteroatoms. The van der Waals surface area contributed by atoms with Gasteiger partial charge in [0.25, 0.3) is 0 Å². The Hall–Kier alpha value is 0.380. The fourth-order valence-electron chi connectivity index (χ4n) is 0.136. The molecule has 0 saturated heterocycles. The van der Waals surface area contributed by atoms with Crippen molar-refractivity contribution in [2.75, 3.05) is 13.2 Å². The van der Waals surface area contributed by atoms with Crippen LogP contribution in [-0.2, 0) is 18.2 Å². The third-order valence-corrected chi connectivity index (χ3v) is 1.41. The third-order valence-electron chi connectivity index (χ3n) is 0.469. The Kier molecular flexibility index (Phi) is 21.0. The van der Waals surface area contributed by atoms with Crippen molar-refractivity contribution in [3.8, 4) is 0 Å². The van der Waals surface area contributed by atoms with E-state index < -0.39 is 17.4 Å². The van der Waals surface area contributed by atoms with Crippen molar-refractivity contribution in [2.24, 2.45) is 0 Å². The van der Waals surface area contributed by atoms with Crippen LogP contribution in [0.25, 0.3) is 0 Å². The summed E-state index contributed by atoms with van der Waals surface area (Å²) in [5, 5.41) is 0. The van der Waals surface area contributed by atoms with Crippen LogP contribution >= 0.6 is 17.4 Å². The van der Waals surface area contributed by atoms with Crippen LogP contribution in [-0.4, -0.2) is 13.2 Å². The fourth-order valence-corrected chi connectivity index (χ4v) is 0.408. The maximum atomic E-state index is 9.39. The molecule has 2 unspecified atom stereocenters. The van der Waals surface area contributed by atoms with E-state index in [-0.39, 0.29) is 0 Å². The monoisotopic (exact) mass is 188 g/mol. The minimum Gasteiger partial charge on any atom is -0.333 e. The predicted molar refractivity (Wildman–Crippen MR) is 44.0 cm³/mol. The van der Waals surface area contributed by atoms with Crippen LogP contribution in [0.15, 0.2) is 0 Å². The van der Waals surface area contributed by atoms with Gasteiger partial charge < -0.3 is 9.05 Å². The van der Waals surface area contributed by atoms with Gasteiger partial charge in [0.15, 0.2) is 17.4 Å². The molecule has 0 aromatic carbocycles. The van der Waals surface area contributed by atoms with Crippen molar-refractivity contribution < 1.29 is 18.2 Å². The standard InChI is InChI=1S/2C2H7O2P/c2*1-2-4-5-3/h2*2,5H2,1H3. The molecular weight excluding hydrogens is 174 g/mol. The Morgan fingerprint density at radius 2 is 1.30 bits per heavy atom. The summed E-state index contributed by atoms with van der Waals surface area (Å²) in [7, 11) is -1.93. The molecule has 0 aromatic rings. The zero-order valence-corrected chi connectivity index (χ0v) is 8.51. The lowest BCUT2D eigenvalue weighted by Crippen LogP contribution is -1.65. The van der Waals surface area contributed by atoms with Crippen molar-refractivity contribution in [3.63, 3.8) is 0 Å². The van der Waals surface area contributed by atoms with Gasteiger partial charge in [0.05, 0.1) is 13.2 Å². The maximum absolute atomic E-state index is 9.39. The van der Waals surface area contributed by atoms with Crippen LogP contribution in [0.2, 0.25) is 0 Å². The fraction of sp³-hybridized carbons (Fsp3) is 1.00. The topological polar surface area (TPSA) is 52.6 Å². The molecule has 10 heavy (non-hydrogen) atoms. The van der Waals surface area contributed by atoms with Gasteiger partial charge in [-0.2, -0.15) is 0 Å². The van der Waals surface area contributed by atoms with E-state index in [4.69, 9.17) is 0 Å². The summed E-state index contributed by atoms with van der Waals surface area (Å²) in [6, 6.07) is 0. The smallest absolute Gasteiger partial charge is 0.179 e. The van der Waals surface area contributed by atoms with Crippen LogP contribution in [0.5, 0.6) is 0 Å². The molecule has 0 aliphatic heterocycles. The SMILES string of the molecule is CCO[PH2]=O.CCO[PH2]=O. The second-order valence-corrected chi connectivity index (χ2v) is 2.15. The van der Waals surface area contributed by atoms with Gasteiger partial charge >= 0.3 is 0 Å². The van der Waals surface area contributed by atoms with Crippen molar-refractivity contribution in [1.29, 1.82) is 0 Å². The lowest BCUT2D eigenvalue weighted by atomic mass is 10.9. The van der Waals surface area contributed by atoms with E-state index in [2.05, 4.69) is 9.05 Å². The lowest BCUT2D eigenvalue weighted by Gasteiger charge is -1.76. The average Bonchev–Trinajstić information content (AvgIpc) is 1.93. The van der Waals surface area contributed by atoms with E-state index in [1.54, 1.807) is 0 Å². The zero-order valence-electron chi connectivity index (χ0n) is 6.20. The van der Waals surface area contributed by atoms with Gasteiger partial charge in [0.2, 0.25) is 0 Å². The Morgan fingerprint density at radius 3 is 1.30 bits per heavy atom. The van der Waals surface area contributed by atoms with Gasteiger partial charge in [0.1, 0.15) is 0 Å². The highest BCUT2D eigenvalue weighted by molar-refractivity contribution is 7.17. The van der Waals surface area contributed by atoms with E-state index in [1.165, 1.54) is 0 Å². The molecule has 0 spiro atoms. The van der Waals surface area contributed by atoms with Gasteiger partial charge in [-0.05, 0) is 13.8 Å². The van der Waals surface area contributed by atoms with Crippen LogP contribution in [0.1, 0.15) is 13.8 Å². The summed E-state index contributed by atoms with van der Waals surface area (Å²) in [6.45, 7) is 4.76. The lowest BCUT2D eigenvalue weighted by molar-refractivity contribution is 0.365. The summed E-state index contributed by atoms with van der Waals surface area (Å²) in [4.78, 5) is 0. The highest BCUT2D eigenvalue weighted by Gasteiger charge is 1.60. The highest BCUT2D eigenvalue weighted by Crippen LogP contribution is 1.89. The molecule has 0 amide bonds. The Balaban J connectivity index is 0. The second-order valence-electron chi connectivity index (χ2n) is 1.10. The predicted octanol–water partition coefficient (Wildman–Crippen LogP) is 1.39. The maximum Gasteiger partial charge on any atom is 0.179 e. The van der Waals surface area contributed by atoms with Crippen molar-refractivity contribution in [2.45, 2.75) is 13.8 Å². The second kappa shape index (κ2) is 16.2. The van der Waals surface area contributed by atoms with Crippen molar-refractivity contribution >= 4 is 17.4 Å². The van der Waals surface area contributed by atoms with Crippen LogP contribution in [0.4, 0.5) is 0 Å². The molecule has 0 aliphatic carbocycles. The normalized spacial score (nSPS) is 10.6. The minimum atomic E-state index is -0.964. The van der Waals surface area contributed by atoms with Crippen LogP contribution < -0.4 is 0 Å². The molecule has 0 rings (SSSR count). The van der Waals surface area contributed by atoms with Gasteiger partial charge in [0, 0.05) is 0 Å². The molecule has 0 bridgehead atoms. The molecule has 2 atom stereocenters. The molecule has 0 heterocycles. The van der Waals surface area contributed by atoms with E-state index in [9.17, 15) is 9.13 Å². The Morgan fingerprint density at radius 1 is 1.00 bits per heavy atom. The van der Waals surface area contributed by atoms with Gasteiger partial charge in [-0.25, -0.2) is 0 Å². The molecule has 0 fully saturated rings. The van der Waals surface area contributed by atoms with E-state index in [0.717, 1.165) is 0 Å². The molecule has 64 valence electrons. The quantitative estimate of drug-likeness (QED) is 0.625. The van der Waals surface area contributed by atoms with Crippen molar-refractivity contribution in [3.05, 3.63) is 0 Å². The average molecular weight is 188 g/mol. The molecular formula is C4H14O4P2. The first-order valence-electron chi connectivity index (χ1n) is 2.93. The number of hydrogen-bond acceptors (Lipinski definition) is 4. The first-order valence-corrected chi connectivity index (χ1v) is 4.82. The third kappa shape index (κ3) is 23.8. The Bertz CT molecular complexity index is 67.7. The summed E-state index contributed by atoms with van der Waals surface area (Å²) < 4.78 is 27.5. The minimum absolute atomic E-state index is 0.568. The van der Waals surface area contributed by atoms with Gasteiger partial charge in [-0.1, -0.05) is 0 Å². The largest absolute Gasteiger partial charge is 0.333 e. The summed E-state index contributed by atoms with van der Waals surface area (Å²) in [6.07, 6.45) is 0. The molecule has 4 nitrogen and oxygen atoms in total. The zero-order chi connectivity index (χ0) is 8.24. The highest BCUT2D eigenvalue weighted by atomic mass is 31.1. The van der Waals surface area contributed by atoms with E-state index in [1.807, 2.05) is 13.8 Å². The summed E-state index contributed by atoms with van der Waals surface area (Å²) in [5.41, 5.74) is 0. The first kappa shape index (κ1) is 13.0. The molecule has 0 radical (unpaired) electrons.